The maximum atomic E-state index is 6.15. The largest absolute Gasteiger partial charge is 0.370 e. The van der Waals surface area contributed by atoms with Gasteiger partial charge in [0.1, 0.15) is 0 Å². The van der Waals surface area contributed by atoms with Gasteiger partial charge < -0.3 is 10.6 Å². The van der Waals surface area contributed by atoms with E-state index in [1.807, 2.05) is 0 Å². The van der Waals surface area contributed by atoms with Crippen LogP contribution in [-0.4, -0.2) is 30.5 Å². The van der Waals surface area contributed by atoms with E-state index in [1.54, 1.807) is 0 Å². The average molecular weight is 271 g/mol. The van der Waals surface area contributed by atoms with Crippen molar-refractivity contribution in [1.82, 2.24) is 4.90 Å². The molecule has 0 amide bonds. The Morgan fingerprint density at radius 3 is 2.90 bits per heavy atom. The maximum Gasteiger partial charge on any atom is 0.191 e. The number of hydrogen-bond acceptors (Lipinski definition) is 1. The van der Waals surface area contributed by atoms with Crippen LogP contribution < -0.4 is 5.73 Å². The number of nitrogens with zero attached hydrogens (tertiary/aromatic N) is 2. The molecule has 2 aliphatic rings. The lowest BCUT2D eigenvalue weighted by Gasteiger charge is -2.31. The Bertz CT molecular complexity index is 468. The van der Waals surface area contributed by atoms with E-state index < -0.39 is 0 Å². The second-order valence-corrected chi connectivity index (χ2v) is 6.41. The second-order valence-electron chi connectivity index (χ2n) is 6.41. The summed E-state index contributed by atoms with van der Waals surface area (Å²) in [6.07, 6.45) is 3.83. The Balaban J connectivity index is 1.51. The first-order valence-corrected chi connectivity index (χ1v) is 7.84. The van der Waals surface area contributed by atoms with E-state index >= 15 is 0 Å². The number of benzene rings is 1. The molecule has 3 nitrogen and oxygen atoms in total. The summed E-state index contributed by atoms with van der Waals surface area (Å²) in [4.78, 5) is 6.90. The first-order valence-electron chi connectivity index (χ1n) is 7.84. The van der Waals surface area contributed by atoms with E-state index in [0.717, 1.165) is 31.5 Å². The molecule has 1 aromatic carbocycles. The Kier molecular flexibility index (Phi) is 3.95. The first-order chi connectivity index (χ1) is 9.74. The summed E-state index contributed by atoms with van der Waals surface area (Å²) in [6.45, 7) is 5.33. The summed E-state index contributed by atoms with van der Waals surface area (Å²) < 4.78 is 0. The highest BCUT2D eigenvalue weighted by atomic mass is 15.3. The highest BCUT2D eigenvalue weighted by molar-refractivity contribution is 5.78. The molecule has 1 heterocycles. The van der Waals surface area contributed by atoms with Crippen molar-refractivity contribution in [1.29, 1.82) is 0 Å². The van der Waals surface area contributed by atoms with E-state index in [2.05, 4.69) is 47.1 Å². The van der Waals surface area contributed by atoms with Crippen molar-refractivity contribution in [3.05, 3.63) is 35.9 Å². The second kappa shape index (κ2) is 5.86. The van der Waals surface area contributed by atoms with Gasteiger partial charge in [0, 0.05) is 19.6 Å². The van der Waals surface area contributed by atoms with Gasteiger partial charge in [0.25, 0.3) is 0 Å². The third-order valence-corrected chi connectivity index (χ3v) is 4.62. The molecule has 0 spiro atoms. The molecule has 1 aromatic rings. The van der Waals surface area contributed by atoms with E-state index in [0.29, 0.717) is 11.8 Å². The molecule has 3 heteroatoms. The lowest BCUT2D eigenvalue weighted by atomic mass is 10.0. The van der Waals surface area contributed by atoms with Crippen LogP contribution in [-0.2, 0) is 0 Å². The molecule has 3 unspecified atom stereocenters. The summed E-state index contributed by atoms with van der Waals surface area (Å²) >= 11 is 0. The fourth-order valence-electron chi connectivity index (χ4n) is 3.27. The van der Waals surface area contributed by atoms with Gasteiger partial charge in [-0.15, -0.1) is 0 Å². The minimum atomic E-state index is 0.693. The number of likely N-dealkylation sites (tertiary alicyclic amines) is 1. The minimum absolute atomic E-state index is 0.693. The minimum Gasteiger partial charge on any atom is -0.370 e. The van der Waals surface area contributed by atoms with Crippen LogP contribution in [0, 0.1) is 11.8 Å². The highest BCUT2D eigenvalue weighted by Gasteiger charge is 2.37. The molecule has 0 radical (unpaired) electrons. The van der Waals surface area contributed by atoms with Crippen LogP contribution in [0.1, 0.15) is 37.7 Å². The molecule has 2 N–H and O–H groups in total. The number of nitrogens with two attached hydrogens (primary N) is 1. The molecule has 2 fully saturated rings. The summed E-state index contributed by atoms with van der Waals surface area (Å²) in [5.41, 5.74) is 7.60. The average Bonchev–Trinajstić information content (AvgIpc) is 3.25. The smallest absolute Gasteiger partial charge is 0.191 e. The summed E-state index contributed by atoms with van der Waals surface area (Å²) in [5, 5.41) is 0. The normalized spacial score (nSPS) is 30.4. The van der Waals surface area contributed by atoms with Gasteiger partial charge in [-0.2, -0.15) is 0 Å². The quantitative estimate of drug-likeness (QED) is 0.678. The number of hydrogen-bond donors (Lipinski definition) is 1. The molecule has 1 aliphatic heterocycles. The van der Waals surface area contributed by atoms with Crippen molar-refractivity contribution in [2.75, 3.05) is 19.6 Å². The SMILES string of the molecule is CC1CCCN(C(N)=NCC2CC2c2ccccc2)C1. The van der Waals surface area contributed by atoms with E-state index in [9.17, 15) is 0 Å². The zero-order valence-electron chi connectivity index (χ0n) is 12.3. The van der Waals surface area contributed by atoms with E-state index in [-0.39, 0.29) is 0 Å². The van der Waals surface area contributed by atoms with Crippen LogP contribution in [0.2, 0.25) is 0 Å². The molecule has 3 atom stereocenters. The molecule has 1 saturated carbocycles. The fraction of sp³-hybridized carbons (Fsp3) is 0.588. The van der Waals surface area contributed by atoms with Crippen molar-refractivity contribution >= 4 is 5.96 Å². The highest BCUT2D eigenvalue weighted by Crippen LogP contribution is 2.47. The van der Waals surface area contributed by atoms with Crippen LogP contribution in [0.15, 0.2) is 35.3 Å². The van der Waals surface area contributed by atoms with Gasteiger partial charge in [0.15, 0.2) is 5.96 Å². The first kappa shape index (κ1) is 13.5. The van der Waals surface area contributed by atoms with Gasteiger partial charge in [-0.25, -0.2) is 0 Å². The monoisotopic (exact) mass is 271 g/mol. The number of rotatable bonds is 3. The Hall–Kier alpha value is -1.51. The Labute approximate surface area is 121 Å². The molecule has 0 aromatic heterocycles. The Morgan fingerprint density at radius 1 is 1.35 bits per heavy atom. The zero-order valence-corrected chi connectivity index (χ0v) is 12.3. The summed E-state index contributed by atoms with van der Waals surface area (Å²) in [7, 11) is 0. The number of aliphatic imine (C=N–C) groups is 1. The fourth-order valence-corrected chi connectivity index (χ4v) is 3.27. The van der Waals surface area contributed by atoms with Crippen LogP contribution in [0.5, 0.6) is 0 Å². The predicted octanol–water partition coefficient (Wildman–Crippen LogP) is 2.84. The van der Waals surface area contributed by atoms with Gasteiger partial charge in [0.2, 0.25) is 0 Å². The van der Waals surface area contributed by atoms with Gasteiger partial charge >= 0.3 is 0 Å². The van der Waals surface area contributed by atoms with Gasteiger partial charge in [-0.1, -0.05) is 37.3 Å². The Morgan fingerprint density at radius 2 is 2.15 bits per heavy atom. The number of piperidine rings is 1. The molecular formula is C17H25N3. The van der Waals surface area contributed by atoms with E-state index in [1.165, 1.54) is 24.8 Å². The van der Waals surface area contributed by atoms with E-state index in [4.69, 9.17) is 5.73 Å². The van der Waals surface area contributed by atoms with Crippen molar-refractivity contribution in [3.63, 3.8) is 0 Å². The van der Waals surface area contributed by atoms with Gasteiger partial charge in [-0.3, -0.25) is 4.99 Å². The van der Waals surface area contributed by atoms with Crippen LogP contribution in [0.25, 0.3) is 0 Å². The molecule has 0 bridgehead atoms. The molecule has 108 valence electrons. The van der Waals surface area contributed by atoms with Crippen LogP contribution in [0.4, 0.5) is 0 Å². The molecular weight excluding hydrogens is 246 g/mol. The molecule has 1 aliphatic carbocycles. The third-order valence-electron chi connectivity index (χ3n) is 4.62. The molecule has 1 saturated heterocycles. The van der Waals surface area contributed by atoms with Crippen molar-refractivity contribution in [3.8, 4) is 0 Å². The van der Waals surface area contributed by atoms with Crippen LogP contribution >= 0.6 is 0 Å². The molecule has 3 rings (SSSR count). The topological polar surface area (TPSA) is 41.6 Å². The van der Waals surface area contributed by atoms with Crippen molar-refractivity contribution < 1.29 is 0 Å². The predicted molar refractivity (Wildman–Crippen MR) is 83.8 cm³/mol. The maximum absolute atomic E-state index is 6.15. The standard InChI is InChI=1S/C17H25N3/c1-13-6-5-9-20(12-13)17(18)19-11-15-10-16(15)14-7-3-2-4-8-14/h2-4,7-8,13,15-16H,5-6,9-12H2,1H3,(H2,18,19). The van der Waals surface area contributed by atoms with Crippen molar-refractivity contribution in [2.45, 2.75) is 32.1 Å². The third kappa shape index (κ3) is 3.14. The number of guanidine groups is 1. The molecule has 20 heavy (non-hydrogen) atoms. The lowest BCUT2D eigenvalue weighted by Crippen LogP contribution is -2.43. The summed E-state index contributed by atoms with van der Waals surface area (Å²) in [5.74, 6) is 2.90. The summed E-state index contributed by atoms with van der Waals surface area (Å²) in [6, 6.07) is 10.8. The van der Waals surface area contributed by atoms with Crippen LogP contribution in [0.3, 0.4) is 0 Å². The van der Waals surface area contributed by atoms with Gasteiger partial charge in [0.05, 0.1) is 0 Å². The zero-order chi connectivity index (χ0) is 13.9. The van der Waals surface area contributed by atoms with Gasteiger partial charge in [-0.05, 0) is 42.6 Å². The van der Waals surface area contributed by atoms with Crippen molar-refractivity contribution in [2.24, 2.45) is 22.6 Å². The lowest BCUT2D eigenvalue weighted by molar-refractivity contribution is 0.270.